The Kier molecular flexibility index (Phi) is 29.8. The molecule has 47 nitrogen and oxygen atoms in total. The van der Waals surface area contributed by atoms with Gasteiger partial charge in [-0.2, -0.15) is 20.5 Å². The van der Waals surface area contributed by atoms with Gasteiger partial charge in [0.15, 0.2) is 97.6 Å². The number of nitrogens with zero attached hydrogens (tertiary/aromatic N) is 16. The summed E-state index contributed by atoms with van der Waals surface area (Å²) >= 11 is 0. The summed E-state index contributed by atoms with van der Waals surface area (Å²) < 4.78 is 146. The number of aromatic nitrogens is 16. The lowest BCUT2D eigenvalue weighted by Gasteiger charge is -2.40. The van der Waals surface area contributed by atoms with Crippen molar-refractivity contribution in [3.63, 3.8) is 0 Å². The number of rotatable bonds is 38. The maximum Gasteiger partial charge on any atom is 0.698 e. The molecule has 0 bridgehead atoms. The Morgan fingerprint density at radius 2 is 0.894 bits per heavy atom. The first-order valence-electron chi connectivity index (χ1n) is 42.2. The summed E-state index contributed by atoms with van der Waals surface area (Å²) in [6.45, 7) is 21.2. The van der Waals surface area contributed by atoms with E-state index in [0.29, 0.717) is 11.1 Å². The van der Waals surface area contributed by atoms with Crippen LogP contribution in [0.4, 0.5) is 23.5 Å². The number of nitrogens with one attached hydrogen (secondary N) is 6. The molecule has 4 amide bonds. The Balaban J connectivity index is 0.822. The van der Waals surface area contributed by atoms with E-state index in [2.05, 4.69) is 81.1 Å². The van der Waals surface area contributed by atoms with Crippen LogP contribution < -0.4 is 32.4 Å². The minimum atomic E-state index is -5.09. The number of aliphatic hydroxyl groups is 2. The fourth-order valence-electron chi connectivity index (χ4n) is 14.2. The van der Waals surface area contributed by atoms with Gasteiger partial charge in [0.1, 0.15) is 73.9 Å². The van der Waals surface area contributed by atoms with Crippen LogP contribution in [0, 0.1) is 34.5 Å². The van der Waals surface area contributed by atoms with Gasteiger partial charge in [0.25, 0.3) is 22.9 Å². The van der Waals surface area contributed by atoms with Gasteiger partial charge >= 0.3 is 23.9 Å². The Morgan fingerprint density at radius 1 is 0.523 bits per heavy atom. The van der Waals surface area contributed by atoms with E-state index in [0.717, 1.165) is 12.7 Å². The van der Waals surface area contributed by atoms with Gasteiger partial charge in [-0.15, -0.1) is 9.05 Å². The van der Waals surface area contributed by atoms with E-state index in [1.807, 2.05) is 79.9 Å². The predicted molar refractivity (Wildman–Crippen MR) is 472 cm³/mol. The summed E-state index contributed by atoms with van der Waals surface area (Å²) in [5.74, 6) is -3.81. The number of fused-ring (bicyclic) bond motifs is 4. The maximum atomic E-state index is 16.4. The molecule has 12 heterocycles. The number of ether oxygens (including phenoxy) is 4. The SMILES string of the molecule is CC(C)C(=O)Nc1nc2c(ncn2[C@@H]2O[C@H](COP(=O)(OCCC#N)O[C@H]3C[C@H](n4cnc5c(NC(=O)c6ccccc6)ncnc54)O[C@@H]3CO)[C@@H](O[Si](C)(C)C(C)(C)C)[C@H]2O[P+](=O)O[C@@H]2[C@H](O[Si](C)(C)C(C)(C)C)[C@@H](COP(=O)(OCCC#N)O[C@H]3C[C@H](n4cnc5c(NC(=O)c6ccccc6)ncnc54)O[C@@H]3CO)O[C@H]2n2cnc3c(=O)[nH]c(NC(=O)C(C)C)nc32)c(=O)[nH]1. The van der Waals surface area contributed by atoms with Crippen LogP contribution in [0.1, 0.15) is 141 Å². The molecule has 8 N–H and O–H groups in total. The number of phosphoric ester groups is 2. The highest BCUT2D eigenvalue weighted by atomic mass is 31.2. The first-order chi connectivity index (χ1) is 62.7. The molecule has 4 aliphatic rings. The van der Waals surface area contributed by atoms with Crippen molar-refractivity contribution in [2.24, 2.45) is 11.8 Å². The van der Waals surface area contributed by atoms with E-state index in [1.54, 1.807) is 88.4 Å². The number of phosphoric acid groups is 2. The van der Waals surface area contributed by atoms with E-state index in [9.17, 15) is 49.5 Å². The number of anilines is 4. The summed E-state index contributed by atoms with van der Waals surface area (Å²) in [7, 11) is -20.6. The molecular formula is C80H102N22O25P3Si2+. The highest BCUT2D eigenvalue weighted by molar-refractivity contribution is 7.48. The molecule has 2 aromatic carbocycles. The van der Waals surface area contributed by atoms with E-state index >= 15 is 13.7 Å². The second-order valence-electron chi connectivity index (χ2n) is 35.0. The molecule has 704 valence electrons. The fraction of sp³-hybridized carbons (Fsp3) is 0.525. The molecule has 10 aromatic rings. The number of amides is 4. The average Bonchev–Trinajstić information content (AvgIpc) is 1.60. The van der Waals surface area contributed by atoms with Gasteiger partial charge in [0.2, 0.25) is 23.7 Å². The molecule has 4 fully saturated rings. The monoisotopic (exact) mass is 1920 g/mol. The van der Waals surface area contributed by atoms with E-state index in [-0.39, 0.29) is 93.9 Å². The quantitative estimate of drug-likeness (QED) is 0.0101. The van der Waals surface area contributed by atoms with Gasteiger partial charge in [-0.25, -0.2) is 49.0 Å². The minimum Gasteiger partial charge on any atom is -0.408 e. The van der Waals surface area contributed by atoms with E-state index in [1.165, 1.54) is 43.6 Å². The summed E-state index contributed by atoms with van der Waals surface area (Å²) in [5.41, 5.74) is -1.38. The largest absolute Gasteiger partial charge is 0.698 e. The first-order valence-corrected chi connectivity index (χ1v) is 52.1. The van der Waals surface area contributed by atoms with Crippen LogP contribution in [0.5, 0.6) is 0 Å². The van der Waals surface area contributed by atoms with Crippen molar-refractivity contribution < 1.29 is 107 Å². The summed E-state index contributed by atoms with van der Waals surface area (Å²) in [5, 5.41) is 51.0. The Hall–Kier alpha value is -10.5. The number of carbonyl (C=O) groups excluding carboxylic acids is 4. The molecule has 0 spiro atoms. The Labute approximate surface area is 756 Å². The van der Waals surface area contributed by atoms with Crippen molar-refractivity contribution in [3.8, 4) is 12.1 Å². The van der Waals surface area contributed by atoms with Crippen LogP contribution in [-0.2, 0) is 87.3 Å². The summed E-state index contributed by atoms with van der Waals surface area (Å²) in [4.78, 5) is 131. The highest BCUT2D eigenvalue weighted by Crippen LogP contribution is 2.58. The highest BCUT2D eigenvalue weighted by Gasteiger charge is 2.61. The lowest BCUT2D eigenvalue weighted by Crippen LogP contribution is -2.50. The second-order valence-corrected chi connectivity index (χ2v) is 48.7. The number of imidazole rings is 4. The number of hydrogen-bond donors (Lipinski definition) is 8. The van der Waals surface area contributed by atoms with Crippen LogP contribution in [0.3, 0.4) is 0 Å². The van der Waals surface area contributed by atoms with Gasteiger partial charge in [-0.1, -0.05) is 106 Å². The Morgan fingerprint density at radius 3 is 1.25 bits per heavy atom. The van der Waals surface area contributed by atoms with Crippen molar-refractivity contribution in [1.29, 1.82) is 10.5 Å². The van der Waals surface area contributed by atoms with Crippen molar-refractivity contribution in [3.05, 3.63) is 130 Å². The lowest BCUT2D eigenvalue weighted by molar-refractivity contribution is -0.119. The van der Waals surface area contributed by atoms with Crippen LogP contribution in [-0.4, -0.2) is 229 Å². The van der Waals surface area contributed by atoms with E-state index < -0.39 is 223 Å². The van der Waals surface area contributed by atoms with E-state index in [4.69, 9.17) is 64.0 Å². The molecule has 8 aromatic heterocycles. The number of hydrogen-bond acceptors (Lipinski definition) is 37. The molecule has 14 rings (SSSR count). The predicted octanol–water partition coefficient (Wildman–Crippen LogP) is 10.1. The molecule has 0 radical (unpaired) electrons. The third-order valence-electron chi connectivity index (χ3n) is 23.2. The molecule has 52 heteroatoms. The van der Waals surface area contributed by atoms with Gasteiger partial charge in [-0.3, -0.25) is 94.8 Å². The van der Waals surface area contributed by atoms with Crippen LogP contribution in [0.15, 0.2) is 108 Å². The topological polar surface area (TPSA) is 599 Å². The molecular weight excluding hydrogens is 1820 g/mol. The number of aliphatic hydroxyl groups excluding tert-OH is 2. The van der Waals surface area contributed by atoms with Gasteiger partial charge < -0.3 is 48.6 Å². The number of aromatic amines is 2. The first kappa shape index (κ1) is 97.5. The van der Waals surface area contributed by atoms with Gasteiger partial charge in [0, 0.05) is 40.4 Å². The third kappa shape index (κ3) is 21.5. The van der Waals surface area contributed by atoms with Crippen LogP contribution in [0.2, 0.25) is 36.3 Å². The van der Waals surface area contributed by atoms with Crippen LogP contribution >= 0.6 is 23.9 Å². The number of carbonyl (C=O) groups is 4. The number of nitriles is 2. The standard InChI is InChI=1S/C80H101N22O25P3Si2/c1-43(2)69(105)95-77-93-67-57(73(109)97-77)89-41-101(67)75-61(59(126-131(11,12)79(5,6)7)51(120-75)35-116-129(112,114-29-21-27-81)124-47-31-53(118-49(47)33-103)99-39-87-55-63(83-37-85-65(55)99)91-71(107)45-23-17-15-18-24-45)122-128(111)123-62-60(127-132(13,14)80(8,9)10)52(121-76(62)102-42-90-58-68(102)94-78(98-74(58)110)96-70(106)44(3)4)36-117-130(113,115-30-22-28-82)125-48-32-54(119-50(48)34-104)100-40-88-56-64(84-38-86-66(56)100)92-72(108)46-25-19-16-20-26-46/h15-20,23-26,37-44,47-54,59-62,75-76,103-104H,21-22,29-36H2,1-14H3,(H5-,83,84,85,86,91,92,93,94,95,96,97,98,105,106,107,108,109,110)/p+1/t47-,48-,49+,50+,51+,52+,53+,54+,59+,60+,61+,62+,75+,76+,129?,130?/m0/s1. The fourth-order valence-corrected chi connectivity index (χ4v) is 20.5. The third-order valence-corrected chi connectivity index (χ3v) is 36.0. The maximum absolute atomic E-state index is 16.4. The molecule has 4 saturated heterocycles. The van der Waals surface area contributed by atoms with Gasteiger partial charge in [-0.05, 0) is 60.5 Å². The zero-order chi connectivity index (χ0) is 94.7. The summed E-state index contributed by atoms with van der Waals surface area (Å²) in [6.07, 6.45) is -14.1. The van der Waals surface area contributed by atoms with Crippen molar-refractivity contribution in [2.45, 2.75) is 217 Å². The van der Waals surface area contributed by atoms with Gasteiger partial charge in [0.05, 0.1) is 89.9 Å². The molecule has 132 heavy (non-hydrogen) atoms. The summed E-state index contributed by atoms with van der Waals surface area (Å²) in [6, 6.07) is 20.7. The van der Waals surface area contributed by atoms with Crippen molar-refractivity contribution in [1.82, 2.24) is 78.1 Å². The normalized spacial score (nSPS) is 23.6. The van der Waals surface area contributed by atoms with Crippen molar-refractivity contribution in [2.75, 3.05) is 60.9 Å². The lowest BCUT2D eigenvalue weighted by atomic mass is 10.1. The number of H-pyrrole nitrogens is 2. The number of benzene rings is 2. The molecule has 0 saturated carbocycles. The zero-order valence-corrected chi connectivity index (χ0v) is 79.0. The molecule has 4 aliphatic heterocycles. The smallest absolute Gasteiger partial charge is 0.408 e. The zero-order valence-electron chi connectivity index (χ0n) is 74.3. The van der Waals surface area contributed by atoms with Crippen LogP contribution in [0.25, 0.3) is 44.7 Å². The molecule has 0 aliphatic carbocycles. The Bertz CT molecular complexity index is 5850. The molecule has 2 unspecified atom stereocenters. The van der Waals surface area contributed by atoms with Crippen molar-refractivity contribution >= 4 is 132 Å². The minimum absolute atomic E-state index is 0.0657. The average molecular weight is 1920 g/mol. The second kappa shape index (κ2) is 40.3. The molecule has 16 atom stereocenters.